The molecule has 0 atom stereocenters. The fourth-order valence-corrected chi connectivity index (χ4v) is 1.38. The van der Waals surface area contributed by atoms with Crippen molar-refractivity contribution in [2.24, 2.45) is 0 Å². The molecule has 1 aromatic carbocycles. The predicted molar refractivity (Wildman–Crippen MR) is 68.5 cm³/mol. The Labute approximate surface area is 109 Å². The molecule has 0 aliphatic rings. The molecule has 2 amide bonds. The highest BCUT2D eigenvalue weighted by molar-refractivity contribution is 5.97. The Morgan fingerprint density at radius 2 is 2.05 bits per heavy atom. The minimum absolute atomic E-state index is 0.101. The van der Waals surface area contributed by atoms with Crippen LogP contribution >= 0.6 is 0 Å². The number of nitrogens with zero attached hydrogens (tertiary/aromatic N) is 1. The lowest BCUT2D eigenvalue weighted by Crippen LogP contribution is -2.36. The Balaban J connectivity index is 2.70. The number of nitrogen functional groups attached to an aromatic ring is 1. The van der Waals surface area contributed by atoms with Gasteiger partial charge in [0, 0.05) is 18.2 Å². The van der Waals surface area contributed by atoms with Gasteiger partial charge in [-0.15, -0.1) is 0 Å². The number of carbonyl (C=O) groups excluding carboxylic acids is 2. The molecule has 0 aliphatic heterocycles. The summed E-state index contributed by atoms with van der Waals surface area (Å²) in [5.74, 6) is -0.835. The van der Waals surface area contributed by atoms with Crippen molar-refractivity contribution < 1.29 is 14.5 Å². The summed E-state index contributed by atoms with van der Waals surface area (Å²) in [6, 6.07) is 3.63. The molecule has 0 aliphatic carbocycles. The molecule has 8 heteroatoms. The monoisotopic (exact) mass is 266 g/mol. The normalized spacial score (nSPS) is 9.74. The van der Waals surface area contributed by atoms with Gasteiger partial charge in [0.1, 0.15) is 5.69 Å². The standard InChI is InChI=1S/C11H14N4O4/c1-2-13-10(16)6-14-11(17)7-3-4-9(15(18)19)8(12)5-7/h3-5H,2,6,12H2,1H3,(H,13,16)(H,14,17). The largest absolute Gasteiger partial charge is 0.393 e. The van der Waals surface area contributed by atoms with E-state index >= 15 is 0 Å². The van der Waals surface area contributed by atoms with E-state index in [0.717, 1.165) is 6.07 Å². The summed E-state index contributed by atoms with van der Waals surface area (Å²) >= 11 is 0. The first-order valence-corrected chi connectivity index (χ1v) is 5.54. The van der Waals surface area contributed by atoms with Gasteiger partial charge in [0.2, 0.25) is 5.91 Å². The van der Waals surface area contributed by atoms with Gasteiger partial charge in [-0.2, -0.15) is 0 Å². The number of likely N-dealkylation sites (N-methyl/N-ethyl adjacent to an activating group) is 1. The van der Waals surface area contributed by atoms with Crippen molar-refractivity contribution >= 4 is 23.2 Å². The van der Waals surface area contributed by atoms with Gasteiger partial charge in [-0.1, -0.05) is 0 Å². The molecular formula is C11H14N4O4. The van der Waals surface area contributed by atoms with Crippen LogP contribution in [0.2, 0.25) is 0 Å². The SMILES string of the molecule is CCNC(=O)CNC(=O)c1ccc([N+](=O)[O-])c(N)c1. The molecule has 8 nitrogen and oxygen atoms in total. The van der Waals surface area contributed by atoms with Crippen molar-refractivity contribution in [2.75, 3.05) is 18.8 Å². The van der Waals surface area contributed by atoms with Gasteiger partial charge in [0.05, 0.1) is 11.5 Å². The number of carbonyl (C=O) groups is 2. The maximum absolute atomic E-state index is 11.7. The number of amides is 2. The number of nitrogens with two attached hydrogens (primary N) is 1. The van der Waals surface area contributed by atoms with Crippen molar-refractivity contribution in [3.63, 3.8) is 0 Å². The van der Waals surface area contributed by atoms with Crippen LogP contribution in [0, 0.1) is 10.1 Å². The topological polar surface area (TPSA) is 127 Å². The molecule has 0 fully saturated rings. The molecule has 0 heterocycles. The summed E-state index contributed by atoms with van der Waals surface area (Å²) < 4.78 is 0. The number of nitro benzene ring substituents is 1. The van der Waals surface area contributed by atoms with E-state index in [1.807, 2.05) is 0 Å². The molecule has 0 spiro atoms. The minimum atomic E-state index is -0.633. The van der Waals surface area contributed by atoms with E-state index in [1.54, 1.807) is 6.92 Å². The molecule has 0 bridgehead atoms. The quantitative estimate of drug-likeness (QED) is 0.394. The highest BCUT2D eigenvalue weighted by Crippen LogP contribution is 2.21. The van der Waals surface area contributed by atoms with E-state index in [0.29, 0.717) is 6.54 Å². The van der Waals surface area contributed by atoms with Crippen LogP contribution in [0.25, 0.3) is 0 Å². The Bertz CT molecular complexity index is 515. The minimum Gasteiger partial charge on any atom is -0.393 e. The highest BCUT2D eigenvalue weighted by atomic mass is 16.6. The van der Waals surface area contributed by atoms with E-state index < -0.39 is 10.8 Å². The van der Waals surface area contributed by atoms with Crippen molar-refractivity contribution in [3.05, 3.63) is 33.9 Å². The van der Waals surface area contributed by atoms with Crippen LogP contribution in [0.3, 0.4) is 0 Å². The Kier molecular flexibility index (Phi) is 4.81. The predicted octanol–water partition coefficient (Wildman–Crippen LogP) is 0.0429. The first-order chi connectivity index (χ1) is 8.95. The molecule has 19 heavy (non-hydrogen) atoms. The average Bonchev–Trinajstić information content (AvgIpc) is 2.35. The van der Waals surface area contributed by atoms with Gasteiger partial charge >= 0.3 is 0 Å². The third-order valence-corrected chi connectivity index (χ3v) is 2.27. The number of anilines is 1. The zero-order valence-electron chi connectivity index (χ0n) is 10.3. The van der Waals surface area contributed by atoms with E-state index in [1.165, 1.54) is 12.1 Å². The molecule has 0 unspecified atom stereocenters. The molecule has 0 saturated heterocycles. The molecule has 1 aromatic rings. The molecule has 0 radical (unpaired) electrons. The van der Waals surface area contributed by atoms with E-state index in [2.05, 4.69) is 10.6 Å². The summed E-state index contributed by atoms with van der Waals surface area (Å²) in [4.78, 5) is 32.7. The number of rotatable bonds is 5. The lowest BCUT2D eigenvalue weighted by Gasteiger charge is -2.06. The Morgan fingerprint density at radius 1 is 1.37 bits per heavy atom. The first-order valence-electron chi connectivity index (χ1n) is 5.54. The first kappa shape index (κ1) is 14.4. The summed E-state index contributed by atoms with van der Waals surface area (Å²) in [5, 5.41) is 15.5. The lowest BCUT2D eigenvalue weighted by molar-refractivity contribution is -0.383. The van der Waals surface area contributed by atoms with Gasteiger partial charge in [0.15, 0.2) is 0 Å². The summed E-state index contributed by atoms with van der Waals surface area (Å²) in [6.45, 7) is 2.07. The van der Waals surface area contributed by atoms with Crippen molar-refractivity contribution in [3.8, 4) is 0 Å². The molecule has 0 aromatic heterocycles. The van der Waals surface area contributed by atoms with Gasteiger partial charge in [-0.3, -0.25) is 19.7 Å². The zero-order valence-corrected chi connectivity index (χ0v) is 10.3. The van der Waals surface area contributed by atoms with Crippen LogP contribution in [0.4, 0.5) is 11.4 Å². The summed E-state index contributed by atoms with van der Waals surface area (Å²) in [5.41, 5.74) is 5.26. The van der Waals surface area contributed by atoms with Crippen LogP contribution in [0.15, 0.2) is 18.2 Å². The van der Waals surface area contributed by atoms with Crippen LogP contribution in [0.1, 0.15) is 17.3 Å². The second-order valence-corrected chi connectivity index (χ2v) is 3.67. The maximum atomic E-state index is 11.7. The molecule has 0 saturated carbocycles. The van der Waals surface area contributed by atoms with E-state index in [9.17, 15) is 19.7 Å². The number of nitrogens with one attached hydrogen (secondary N) is 2. The zero-order chi connectivity index (χ0) is 14.4. The summed E-state index contributed by atoms with van der Waals surface area (Å²) in [6.07, 6.45) is 0. The smallest absolute Gasteiger partial charge is 0.292 e. The second-order valence-electron chi connectivity index (χ2n) is 3.67. The van der Waals surface area contributed by atoms with Gasteiger partial charge < -0.3 is 16.4 Å². The summed E-state index contributed by atoms with van der Waals surface area (Å²) in [7, 11) is 0. The van der Waals surface area contributed by atoms with Crippen LogP contribution in [-0.2, 0) is 4.79 Å². The Morgan fingerprint density at radius 3 is 2.58 bits per heavy atom. The number of benzene rings is 1. The molecule has 1 rings (SSSR count). The lowest BCUT2D eigenvalue weighted by atomic mass is 10.1. The van der Waals surface area contributed by atoms with Gasteiger partial charge in [0.25, 0.3) is 11.6 Å². The fourth-order valence-electron chi connectivity index (χ4n) is 1.38. The van der Waals surface area contributed by atoms with Crippen molar-refractivity contribution in [1.82, 2.24) is 10.6 Å². The van der Waals surface area contributed by atoms with E-state index in [4.69, 9.17) is 5.73 Å². The third kappa shape index (κ3) is 3.95. The van der Waals surface area contributed by atoms with Crippen LogP contribution in [0.5, 0.6) is 0 Å². The number of hydrogen-bond donors (Lipinski definition) is 3. The third-order valence-electron chi connectivity index (χ3n) is 2.27. The van der Waals surface area contributed by atoms with Gasteiger partial charge in [-0.25, -0.2) is 0 Å². The molecule has 4 N–H and O–H groups in total. The van der Waals surface area contributed by atoms with Crippen LogP contribution < -0.4 is 16.4 Å². The second kappa shape index (κ2) is 6.34. The Hall–Kier alpha value is -2.64. The van der Waals surface area contributed by atoms with E-state index in [-0.39, 0.29) is 29.4 Å². The fraction of sp³-hybridized carbons (Fsp3) is 0.273. The highest BCUT2D eigenvalue weighted by Gasteiger charge is 2.14. The van der Waals surface area contributed by atoms with Crippen molar-refractivity contribution in [1.29, 1.82) is 0 Å². The maximum Gasteiger partial charge on any atom is 0.292 e. The van der Waals surface area contributed by atoms with Gasteiger partial charge in [-0.05, 0) is 19.1 Å². The molecular weight excluding hydrogens is 252 g/mol. The average molecular weight is 266 g/mol. The van der Waals surface area contributed by atoms with Crippen LogP contribution in [-0.4, -0.2) is 29.8 Å². The number of nitro groups is 1. The number of hydrogen-bond acceptors (Lipinski definition) is 5. The van der Waals surface area contributed by atoms with Crippen molar-refractivity contribution in [2.45, 2.75) is 6.92 Å². The molecule has 102 valence electrons.